The van der Waals surface area contributed by atoms with Crippen LogP contribution < -0.4 is 4.72 Å². The van der Waals surface area contributed by atoms with E-state index in [0.717, 1.165) is 11.8 Å². The van der Waals surface area contributed by atoms with E-state index in [2.05, 4.69) is 4.72 Å². The van der Waals surface area contributed by atoms with E-state index >= 15 is 0 Å². The van der Waals surface area contributed by atoms with Gasteiger partial charge in [0, 0.05) is 25.2 Å². The highest BCUT2D eigenvalue weighted by Gasteiger charge is 2.27. The maximum absolute atomic E-state index is 11.4. The molecule has 0 saturated carbocycles. The molecule has 1 aromatic rings. The fourth-order valence-corrected chi connectivity index (χ4v) is 2.76. The first-order chi connectivity index (χ1) is 7.62. The van der Waals surface area contributed by atoms with Crippen molar-refractivity contribution in [2.75, 3.05) is 13.1 Å². The van der Waals surface area contributed by atoms with Crippen LogP contribution in [-0.2, 0) is 16.8 Å². The lowest BCUT2D eigenvalue weighted by Crippen LogP contribution is -2.28. The maximum atomic E-state index is 11.4. The summed E-state index contributed by atoms with van der Waals surface area (Å²) in [5, 5.41) is 0. The number of hydrogen-bond donors (Lipinski definition) is 1. The van der Waals surface area contributed by atoms with Gasteiger partial charge in [0.1, 0.15) is 6.29 Å². The zero-order valence-corrected chi connectivity index (χ0v) is 9.40. The van der Waals surface area contributed by atoms with Gasteiger partial charge in [-0.05, 0) is 5.56 Å². The van der Waals surface area contributed by atoms with Crippen molar-refractivity contribution in [3.05, 3.63) is 35.4 Å². The van der Waals surface area contributed by atoms with E-state index in [1.807, 2.05) is 0 Å². The molecule has 1 saturated heterocycles. The van der Waals surface area contributed by atoms with Crippen molar-refractivity contribution in [3.8, 4) is 0 Å². The van der Waals surface area contributed by atoms with Gasteiger partial charge in [0.15, 0.2) is 0 Å². The van der Waals surface area contributed by atoms with E-state index in [1.54, 1.807) is 24.3 Å². The SMILES string of the molecule is O=Cc1ccc(CN2CCNS2(=O)=O)cc1. The molecule has 0 unspecified atom stereocenters. The Kier molecular flexibility index (Phi) is 3.04. The van der Waals surface area contributed by atoms with E-state index in [1.165, 1.54) is 4.31 Å². The zero-order valence-electron chi connectivity index (χ0n) is 8.59. The molecule has 1 heterocycles. The third-order valence-electron chi connectivity index (χ3n) is 2.46. The summed E-state index contributed by atoms with van der Waals surface area (Å²) >= 11 is 0. The fourth-order valence-electron chi connectivity index (χ4n) is 1.58. The summed E-state index contributed by atoms with van der Waals surface area (Å²) in [6.07, 6.45) is 0.762. The predicted octanol–water partition coefficient (Wildman–Crippen LogP) is 0.149. The molecule has 86 valence electrons. The molecular weight excluding hydrogens is 228 g/mol. The Labute approximate surface area is 94.3 Å². The van der Waals surface area contributed by atoms with Gasteiger partial charge in [0.05, 0.1) is 0 Å². The first kappa shape index (κ1) is 11.3. The third kappa shape index (κ3) is 2.29. The van der Waals surface area contributed by atoms with E-state index in [4.69, 9.17) is 0 Å². The minimum absolute atomic E-state index is 0.342. The van der Waals surface area contributed by atoms with Crippen molar-refractivity contribution < 1.29 is 13.2 Å². The lowest BCUT2D eigenvalue weighted by molar-refractivity contribution is 0.112. The van der Waals surface area contributed by atoms with E-state index in [0.29, 0.717) is 25.2 Å². The minimum atomic E-state index is -3.29. The average Bonchev–Trinajstić information content (AvgIpc) is 2.59. The van der Waals surface area contributed by atoms with Gasteiger partial charge in [0.2, 0.25) is 0 Å². The monoisotopic (exact) mass is 240 g/mol. The molecule has 1 fully saturated rings. The molecule has 5 nitrogen and oxygen atoms in total. The summed E-state index contributed by atoms with van der Waals surface area (Å²) in [5.74, 6) is 0. The smallest absolute Gasteiger partial charge is 0.279 e. The molecule has 0 spiro atoms. The van der Waals surface area contributed by atoms with Gasteiger partial charge in [-0.25, -0.2) is 4.72 Å². The van der Waals surface area contributed by atoms with Crippen LogP contribution in [0, 0.1) is 0 Å². The number of carbonyl (C=O) groups is 1. The molecule has 0 atom stereocenters. The summed E-state index contributed by atoms with van der Waals surface area (Å²) in [4.78, 5) is 10.4. The van der Waals surface area contributed by atoms with Crippen LogP contribution in [0.5, 0.6) is 0 Å². The lowest BCUT2D eigenvalue weighted by atomic mass is 10.1. The molecule has 0 radical (unpaired) electrons. The molecular formula is C10H12N2O3S. The van der Waals surface area contributed by atoms with Gasteiger partial charge in [-0.2, -0.15) is 12.7 Å². The summed E-state index contributed by atoms with van der Waals surface area (Å²) in [6.45, 7) is 1.28. The minimum Gasteiger partial charge on any atom is -0.298 e. The van der Waals surface area contributed by atoms with Crippen molar-refractivity contribution in [1.29, 1.82) is 0 Å². The zero-order chi connectivity index (χ0) is 11.6. The fraction of sp³-hybridized carbons (Fsp3) is 0.300. The topological polar surface area (TPSA) is 66.5 Å². The highest BCUT2D eigenvalue weighted by atomic mass is 32.2. The Morgan fingerprint density at radius 1 is 1.31 bits per heavy atom. The van der Waals surface area contributed by atoms with Crippen LogP contribution >= 0.6 is 0 Å². The van der Waals surface area contributed by atoms with Crippen molar-refractivity contribution in [1.82, 2.24) is 9.03 Å². The summed E-state index contributed by atoms with van der Waals surface area (Å²) in [5.41, 5.74) is 1.46. The van der Waals surface area contributed by atoms with Crippen LogP contribution in [-0.4, -0.2) is 32.1 Å². The third-order valence-corrected chi connectivity index (χ3v) is 4.02. The second-order valence-corrected chi connectivity index (χ2v) is 5.35. The number of rotatable bonds is 3. The Morgan fingerprint density at radius 2 is 2.00 bits per heavy atom. The Hall–Kier alpha value is -1.24. The predicted molar refractivity (Wildman–Crippen MR) is 59.2 cm³/mol. The summed E-state index contributed by atoms with van der Waals surface area (Å²) < 4.78 is 26.7. The molecule has 0 bridgehead atoms. The molecule has 6 heteroatoms. The van der Waals surface area contributed by atoms with Gasteiger partial charge in [-0.15, -0.1) is 0 Å². The molecule has 2 rings (SSSR count). The van der Waals surface area contributed by atoms with Crippen LogP contribution in [0.3, 0.4) is 0 Å². The Bertz CT molecular complexity index is 481. The van der Waals surface area contributed by atoms with Gasteiger partial charge >= 0.3 is 0 Å². The molecule has 1 N–H and O–H groups in total. The Balaban J connectivity index is 2.12. The quantitative estimate of drug-likeness (QED) is 0.765. The second kappa shape index (κ2) is 4.32. The maximum Gasteiger partial charge on any atom is 0.279 e. The van der Waals surface area contributed by atoms with Crippen molar-refractivity contribution >= 4 is 16.5 Å². The van der Waals surface area contributed by atoms with Crippen LogP contribution in [0.1, 0.15) is 15.9 Å². The van der Waals surface area contributed by atoms with Gasteiger partial charge in [-0.3, -0.25) is 4.79 Å². The largest absolute Gasteiger partial charge is 0.298 e. The standard InChI is InChI=1S/C10H12N2O3S/c13-8-10-3-1-9(2-4-10)7-12-6-5-11-16(12,14)15/h1-4,8,11H,5-7H2. The molecule has 0 aromatic heterocycles. The van der Waals surface area contributed by atoms with Crippen LogP contribution in [0.15, 0.2) is 24.3 Å². The van der Waals surface area contributed by atoms with Crippen molar-refractivity contribution in [3.63, 3.8) is 0 Å². The highest BCUT2D eigenvalue weighted by Crippen LogP contribution is 2.11. The van der Waals surface area contributed by atoms with Gasteiger partial charge in [0.25, 0.3) is 10.2 Å². The summed E-state index contributed by atoms with van der Waals surface area (Å²) in [6, 6.07) is 6.88. The number of nitrogens with zero attached hydrogens (tertiary/aromatic N) is 1. The molecule has 0 amide bonds. The normalized spacial score (nSPS) is 19.8. The van der Waals surface area contributed by atoms with Crippen LogP contribution in [0.25, 0.3) is 0 Å². The van der Waals surface area contributed by atoms with Gasteiger partial charge < -0.3 is 0 Å². The Morgan fingerprint density at radius 3 is 2.50 bits per heavy atom. The second-order valence-electron chi connectivity index (χ2n) is 3.59. The molecule has 1 aromatic carbocycles. The number of benzene rings is 1. The number of carbonyl (C=O) groups excluding carboxylic acids is 1. The number of nitrogens with one attached hydrogen (secondary N) is 1. The average molecular weight is 240 g/mol. The van der Waals surface area contributed by atoms with E-state index in [9.17, 15) is 13.2 Å². The van der Waals surface area contributed by atoms with Crippen molar-refractivity contribution in [2.45, 2.75) is 6.54 Å². The lowest BCUT2D eigenvalue weighted by Gasteiger charge is -2.12. The number of hydrogen-bond acceptors (Lipinski definition) is 3. The molecule has 1 aliphatic rings. The molecule has 16 heavy (non-hydrogen) atoms. The molecule has 1 aliphatic heterocycles. The first-order valence-corrected chi connectivity index (χ1v) is 6.35. The first-order valence-electron chi connectivity index (χ1n) is 4.91. The summed E-state index contributed by atoms with van der Waals surface area (Å²) in [7, 11) is -3.29. The van der Waals surface area contributed by atoms with E-state index in [-0.39, 0.29) is 0 Å². The van der Waals surface area contributed by atoms with Crippen LogP contribution in [0.2, 0.25) is 0 Å². The van der Waals surface area contributed by atoms with Crippen molar-refractivity contribution in [2.24, 2.45) is 0 Å². The van der Waals surface area contributed by atoms with Crippen LogP contribution in [0.4, 0.5) is 0 Å². The number of aldehydes is 1. The highest BCUT2D eigenvalue weighted by molar-refractivity contribution is 7.87. The van der Waals surface area contributed by atoms with E-state index < -0.39 is 10.2 Å². The molecule has 0 aliphatic carbocycles. The van der Waals surface area contributed by atoms with Gasteiger partial charge in [-0.1, -0.05) is 24.3 Å².